The first-order chi connectivity index (χ1) is 17.1. The van der Waals surface area contributed by atoms with Gasteiger partial charge < -0.3 is 4.90 Å². The zero-order chi connectivity index (χ0) is 25.8. The summed E-state index contributed by atoms with van der Waals surface area (Å²) in [6, 6.07) is 16.9. The van der Waals surface area contributed by atoms with E-state index >= 15 is 0 Å². The van der Waals surface area contributed by atoms with Crippen molar-refractivity contribution in [3.05, 3.63) is 85.4 Å². The van der Waals surface area contributed by atoms with Crippen molar-refractivity contribution in [1.82, 2.24) is 9.58 Å². The molecule has 0 bridgehead atoms. The number of carbonyl (C=O) groups is 1. The average Bonchev–Trinajstić information content (AvgIpc) is 3.40. The minimum Gasteiger partial charge on any atom is -0.347 e. The predicted octanol–water partition coefficient (Wildman–Crippen LogP) is 3.53. The maximum atomic E-state index is 13.2. The summed E-state index contributed by atoms with van der Waals surface area (Å²) in [4.78, 5) is 28.4. The van der Waals surface area contributed by atoms with Gasteiger partial charge in [0.2, 0.25) is 0 Å². The molecule has 0 saturated carbocycles. The van der Waals surface area contributed by atoms with Gasteiger partial charge in [-0.15, -0.1) is 11.3 Å². The molecular formula is C27H26N4O2S3. The second kappa shape index (κ2) is 9.15. The summed E-state index contributed by atoms with van der Waals surface area (Å²) < 4.78 is 3.05. The molecule has 184 valence electrons. The molecule has 0 aliphatic carbocycles. The Balaban J connectivity index is 1.61. The molecule has 9 heteroatoms. The highest BCUT2D eigenvalue weighted by atomic mass is 32.2. The second-order valence-electron chi connectivity index (χ2n) is 9.19. The molecular weight excluding hydrogens is 509 g/mol. The summed E-state index contributed by atoms with van der Waals surface area (Å²) in [6.07, 6.45) is 3.89. The van der Waals surface area contributed by atoms with Crippen LogP contribution in [-0.2, 0) is 16.8 Å². The van der Waals surface area contributed by atoms with Crippen molar-refractivity contribution in [1.29, 1.82) is 0 Å². The number of fused-ring (bicyclic) bond motifs is 1. The van der Waals surface area contributed by atoms with Gasteiger partial charge in [0, 0.05) is 30.4 Å². The molecule has 1 fully saturated rings. The molecule has 2 aliphatic heterocycles. The number of hydrogen-bond donors (Lipinski definition) is 1. The van der Waals surface area contributed by atoms with Crippen LogP contribution in [0.4, 0.5) is 5.69 Å². The minimum absolute atomic E-state index is 0.126. The molecule has 0 unspecified atom stereocenters. The lowest BCUT2D eigenvalue weighted by Gasteiger charge is -2.23. The van der Waals surface area contributed by atoms with Crippen LogP contribution < -0.4 is 25.5 Å². The molecule has 3 heterocycles. The van der Waals surface area contributed by atoms with Gasteiger partial charge in [-0.1, -0.05) is 62.5 Å². The number of likely N-dealkylation sites (N-methyl/N-ethyl adjacent to an activating group) is 1. The van der Waals surface area contributed by atoms with Gasteiger partial charge in [0.15, 0.2) is 4.32 Å². The molecule has 1 amide bonds. The average molecular weight is 535 g/mol. The van der Waals surface area contributed by atoms with Crippen molar-refractivity contribution in [3.8, 4) is 11.1 Å². The van der Waals surface area contributed by atoms with Crippen molar-refractivity contribution < 1.29 is 4.79 Å². The number of amides is 1. The fraction of sp³-hybridized carbons (Fsp3) is 0.222. The lowest BCUT2D eigenvalue weighted by molar-refractivity contribution is -0.120. The number of thiazole rings is 1. The first kappa shape index (κ1) is 24.7. The molecule has 0 radical (unpaired) electrons. The summed E-state index contributed by atoms with van der Waals surface area (Å²) in [5.74, 6) is 5.38. The summed E-state index contributed by atoms with van der Waals surface area (Å²) >= 11 is 7.60. The van der Waals surface area contributed by atoms with Crippen molar-refractivity contribution in [3.63, 3.8) is 0 Å². The van der Waals surface area contributed by atoms with Gasteiger partial charge in [0.1, 0.15) is 9.57 Å². The number of carbonyl (C=O) groups excluding carboxylic acids is 1. The number of allylic oxidation sites excluding steroid dienone is 2. The van der Waals surface area contributed by atoms with E-state index in [4.69, 9.17) is 18.1 Å². The molecule has 0 spiro atoms. The van der Waals surface area contributed by atoms with E-state index in [0.717, 1.165) is 28.2 Å². The molecule has 6 nitrogen and oxygen atoms in total. The topological polar surface area (TPSA) is 71.6 Å². The van der Waals surface area contributed by atoms with Crippen LogP contribution in [0.2, 0.25) is 0 Å². The Morgan fingerprint density at radius 2 is 1.78 bits per heavy atom. The highest BCUT2D eigenvalue weighted by molar-refractivity contribution is 8.30. The number of hydrogen-bond acceptors (Lipinski definition) is 7. The van der Waals surface area contributed by atoms with E-state index in [1.165, 1.54) is 28.0 Å². The van der Waals surface area contributed by atoms with Crippen molar-refractivity contribution in [2.45, 2.75) is 32.7 Å². The molecule has 1 aromatic heterocycles. The fourth-order valence-corrected chi connectivity index (χ4v) is 7.16. The Bertz CT molecular complexity index is 1620. The van der Waals surface area contributed by atoms with E-state index in [2.05, 4.69) is 56.1 Å². The molecule has 1 saturated heterocycles. The van der Waals surface area contributed by atoms with Crippen molar-refractivity contribution >= 4 is 62.2 Å². The molecule has 2 aliphatic rings. The summed E-state index contributed by atoms with van der Waals surface area (Å²) in [6.45, 7) is 6.74. The molecule has 5 rings (SSSR count). The zero-order valence-electron chi connectivity index (χ0n) is 20.4. The highest BCUT2D eigenvalue weighted by Crippen LogP contribution is 2.48. The number of aromatic nitrogens is 1. The second-order valence-corrected chi connectivity index (χ2v) is 11.9. The number of benzene rings is 2. The van der Waals surface area contributed by atoms with Crippen LogP contribution in [0.1, 0.15) is 26.3 Å². The number of thioether (sulfide) groups is 1. The lowest BCUT2D eigenvalue weighted by atomic mass is 9.82. The van der Waals surface area contributed by atoms with Gasteiger partial charge in [-0.3, -0.25) is 14.2 Å². The summed E-state index contributed by atoms with van der Waals surface area (Å²) in [7, 11) is 2.06. The Morgan fingerprint density at radius 1 is 1.06 bits per heavy atom. The number of anilines is 1. The molecule has 2 aromatic carbocycles. The fourth-order valence-electron chi connectivity index (χ4n) is 4.80. The summed E-state index contributed by atoms with van der Waals surface area (Å²) in [5.41, 5.74) is 5.46. The highest BCUT2D eigenvalue weighted by Gasteiger charge is 2.38. The third-order valence-corrected chi connectivity index (χ3v) is 9.42. The van der Waals surface area contributed by atoms with Crippen LogP contribution >= 0.6 is 35.3 Å². The third kappa shape index (κ3) is 3.87. The van der Waals surface area contributed by atoms with Crippen molar-refractivity contribution in [2.24, 2.45) is 5.84 Å². The quantitative estimate of drug-likeness (QED) is 0.315. The van der Waals surface area contributed by atoms with E-state index in [0.29, 0.717) is 20.6 Å². The number of thiocarbonyl (C=S) groups is 1. The first-order valence-corrected chi connectivity index (χ1v) is 13.6. The number of hydrazine groups is 1. The van der Waals surface area contributed by atoms with Crippen LogP contribution in [0.15, 0.2) is 65.1 Å². The maximum absolute atomic E-state index is 13.2. The van der Waals surface area contributed by atoms with E-state index in [-0.39, 0.29) is 21.2 Å². The number of nitrogens with zero attached hydrogens (tertiary/aromatic N) is 3. The van der Waals surface area contributed by atoms with E-state index < -0.39 is 0 Å². The van der Waals surface area contributed by atoms with Gasteiger partial charge >= 0.3 is 0 Å². The Labute approximate surface area is 223 Å². The molecule has 0 atom stereocenters. The van der Waals surface area contributed by atoms with Gasteiger partial charge in [-0.05, 0) is 59.7 Å². The predicted molar refractivity (Wildman–Crippen MR) is 154 cm³/mol. The SMILES string of the molecule is CCn1c(=C2SC(=S)N(N)C2=O)sc(=C/C=C2\N(C)c3ccc(-c4ccccc4)cc3C2(C)C)c1=O. The Kier molecular flexibility index (Phi) is 6.28. The van der Waals surface area contributed by atoms with Gasteiger partial charge in [-0.2, -0.15) is 0 Å². The first-order valence-electron chi connectivity index (χ1n) is 11.6. The third-order valence-electron chi connectivity index (χ3n) is 6.75. The molecule has 36 heavy (non-hydrogen) atoms. The molecule has 3 aromatic rings. The van der Waals surface area contributed by atoms with Crippen LogP contribution in [-0.4, -0.2) is 26.9 Å². The Morgan fingerprint density at radius 3 is 2.42 bits per heavy atom. The van der Waals surface area contributed by atoms with Gasteiger partial charge in [0.05, 0.1) is 4.53 Å². The van der Waals surface area contributed by atoms with E-state index in [9.17, 15) is 9.59 Å². The maximum Gasteiger partial charge on any atom is 0.283 e. The lowest BCUT2D eigenvalue weighted by Crippen LogP contribution is -2.36. The van der Waals surface area contributed by atoms with E-state index in [1.54, 1.807) is 4.57 Å². The summed E-state index contributed by atoms with van der Waals surface area (Å²) in [5, 5.41) is 0.960. The zero-order valence-corrected chi connectivity index (χ0v) is 22.9. The van der Waals surface area contributed by atoms with Gasteiger partial charge in [0.25, 0.3) is 11.5 Å². The largest absolute Gasteiger partial charge is 0.347 e. The molecule has 2 N–H and O–H groups in total. The van der Waals surface area contributed by atoms with E-state index in [1.807, 2.05) is 37.3 Å². The van der Waals surface area contributed by atoms with Crippen molar-refractivity contribution in [2.75, 3.05) is 11.9 Å². The van der Waals surface area contributed by atoms with Gasteiger partial charge in [-0.25, -0.2) is 10.9 Å². The van der Waals surface area contributed by atoms with Crippen LogP contribution in [0, 0.1) is 0 Å². The normalized spacial score (nSPS) is 20.1. The van der Waals surface area contributed by atoms with Crippen LogP contribution in [0.3, 0.4) is 0 Å². The Hall–Kier alpha value is -2.98. The monoisotopic (exact) mass is 534 g/mol. The van der Waals surface area contributed by atoms with Crippen LogP contribution in [0.25, 0.3) is 22.1 Å². The van der Waals surface area contributed by atoms with Crippen LogP contribution in [0.5, 0.6) is 0 Å². The smallest absolute Gasteiger partial charge is 0.283 e. The number of nitrogens with two attached hydrogens (primary N) is 1. The minimum atomic E-state index is -0.375. The number of rotatable bonds is 3. The standard InChI is InChI=1S/C27H26N4O2S3/c1-5-30-23(32)20(35-25(30)22-24(33)31(28)26(34)36-22)13-14-21-27(2,3)18-15-17(11-12-19(18)29(21)4)16-9-7-6-8-10-16/h6-15H,5,28H2,1-4H3/b20-13?,21-14-,25-22?.